The molecule has 0 aromatic carbocycles. The number of fused-ring (bicyclic) bond motifs is 1. The second-order valence-corrected chi connectivity index (χ2v) is 16.0. The largest absolute Gasteiger partial charge is 0.472 e. The first-order valence-electron chi connectivity index (χ1n) is 17.8. The highest BCUT2D eigenvalue weighted by Crippen LogP contribution is 2.50. The summed E-state index contributed by atoms with van der Waals surface area (Å²) in [6.07, 6.45) is -5.41. The van der Waals surface area contributed by atoms with Crippen LogP contribution in [0.1, 0.15) is 45.1 Å². The number of phosphoric acid groups is 2. The van der Waals surface area contributed by atoms with Crippen molar-refractivity contribution in [3.8, 4) is 0 Å². The Morgan fingerprint density at radius 3 is 2.53 bits per heavy atom. The average Bonchev–Trinajstić information content (AvgIpc) is 3.94. The van der Waals surface area contributed by atoms with E-state index in [0.29, 0.717) is 13.0 Å². The van der Waals surface area contributed by atoms with Crippen molar-refractivity contribution >= 4 is 50.3 Å². The number of esters is 1. The molecule has 3 aromatic heterocycles. The number of aliphatic hydroxyl groups is 1. The summed E-state index contributed by atoms with van der Waals surface area (Å²) < 4.78 is 65.8. The monoisotopic (exact) mass is 859 g/mol. The zero-order chi connectivity index (χ0) is 41.9. The molecular weight excluding hydrogens is 816 g/mol. The molecule has 3 unspecified atom stereocenters. The Bertz CT molecular complexity index is 2140. The molecule has 0 aliphatic carbocycles. The summed E-state index contributed by atoms with van der Waals surface area (Å²) >= 11 is 0. The number of anilines is 2. The number of allylic oxidation sites excluding steroid dienone is 1. The Morgan fingerprint density at radius 1 is 1.07 bits per heavy atom. The Hall–Kier alpha value is -4.23. The van der Waals surface area contributed by atoms with Crippen LogP contribution < -0.4 is 17.2 Å². The molecule has 27 heteroatoms. The van der Waals surface area contributed by atoms with Crippen LogP contribution in [0.15, 0.2) is 42.4 Å². The summed E-state index contributed by atoms with van der Waals surface area (Å²) in [4.78, 5) is 86.1. The third kappa shape index (κ3) is 9.96. The molecule has 0 spiro atoms. The van der Waals surface area contributed by atoms with Gasteiger partial charge in [-0.15, -0.1) is 6.58 Å². The fourth-order valence-corrected chi connectivity index (χ4v) is 8.14. The van der Waals surface area contributed by atoms with E-state index >= 15 is 0 Å². The molecule has 3 fully saturated rings. The molecule has 3 aromatic rings. The summed E-state index contributed by atoms with van der Waals surface area (Å²) in [6, 6.07) is 0.158. The molecule has 8 N–H and O–H groups in total. The first-order chi connectivity index (χ1) is 27.5. The predicted molar refractivity (Wildman–Crippen MR) is 195 cm³/mol. The lowest BCUT2D eigenvalue weighted by Crippen LogP contribution is -2.46. The molecule has 58 heavy (non-hydrogen) atoms. The van der Waals surface area contributed by atoms with Gasteiger partial charge in [-0.2, -0.15) is 4.98 Å². The molecule has 318 valence electrons. The number of aromatic nitrogens is 6. The molecule has 25 nitrogen and oxygen atoms in total. The van der Waals surface area contributed by atoms with Crippen molar-refractivity contribution in [3.05, 3.63) is 48.1 Å². The van der Waals surface area contributed by atoms with E-state index in [1.54, 1.807) is 13.0 Å². The van der Waals surface area contributed by atoms with Crippen molar-refractivity contribution in [2.45, 2.75) is 87.7 Å². The molecule has 3 aliphatic heterocycles. The number of aliphatic hydroxyl groups excluding tert-OH is 1. The van der Waals surface area contributed by atoms with Gasteiger partial charge in [0.2, 0.25) is 5.91 Å². The molecular formula is C31H43N9O16P2. The van der Waals surface area contributed by atoms with Gasteiger partial charge in [0.1, 0.15) is 54.3 Å². The van der Waals surface area contributed by atoms with Crippen LogP contribution in [0, 0.1) is 0 Å². The number of rotatable bonds is 17. The number of hydrogen-bond donors (Lipinski definition) is 6. The number of amides is 1. The molecule has 3 aliphatic rings. The van der Waals surface area contributed by atoms with E-state index in [9.17, 15) is 43.3 Å². The second-order valence-electron chi connectivity index (χ2n) is 13.3. The molecule has 6 heterocycles. The number of likely N-dealkylation sites (tertiary alicyclic amines) is 1. The van der Waals surface area contributed by atoms with Crippen molar-refractivity contribution in [1.29, 1.82) is 0 Å². The minimum absolute atomic E-state index is 0.0175. The molecule has 10 atom stereocenters. The van der Waals surface area contributed by atoms with Crippen LogP contribution in [0.25, 0.3) is 11.2 Å². The van der Waals surface area contributed by atoms with E-state index in [1.165, 1.54) is 28.1 Å². The molecule has 0 bridgehead atoms. The summed E-state index contributed by atoms with van der Waals surface area (Å²) in [6.45, 7) is 4.11. The number of carbonyl (C=O) groups is 2. The van der Waals surface area contributed by atoms with E-state index in [2.05, 4.69) is 31.0 Å². The lowest BCUT2D eigenvalue weighted by molar-refractivity contribution is -0.164. The Kier molecular flexibility index (Phi) is 13.4. The maximum atomic E-state index is 13.9. The summed E-state index contributed by atoms with van der Waals surface area (Å²) in [5.41, 5.74) is 10.9. The topological polar surface area (TPSA) is 348 Å². The lowest BCUT2D eigenvalue weighted by atomic mass is 10.1. The number of nitrogens with two attached hydrogens (primary N) is 2. The number of nitrogen functional groups attached to an aromatic ring is 2. The third-order valence-electron chi connectivity index (χ3n) is 9.46. The maximum absolute atomic E-state index is 13.9. The number of hydrogen-bond acceptors (Lipinski definition) is 19. The number of carbonyl (C=O) groups excluding carboxylic acids is 2. The zero-order valence-electron chi connectivity index (χ0n) is 30.8. The molecule has 0 saturated carbocycles. The minimum atomic E-state index is -5.20. The van der Waals surface area contributed by atoms with E-state index in [1.807, 2.05) is 0 Å². The predicted octanol–water partition coefficient (Wildman–Crippen LogP) is -0.711. The Labute approximate surface area is 328 Å². The summed E-state index contributed by atoms with van der Waals surface area (Å²) in [5.74, 6) is -1.36. The van der Waals surface area contributed by atoms with Crippen molar-refractivity contribution in [2.24, 2.45) is 0 Å². The number of imidazole rings is 1. The van der Waals surface area contributed by atoms with E-state index in [0.717, 1.165) is 10.9 Å². The quantitative estimate of drug-likeness (QED) is 0.0554. The van der Waals surface area contributed by atoms with Crippen LogP contribution >= 0.6 is 15.6 Å². The highest BCUT2D eigenvalue weighted by atomic mass is 31.2. The lowest BCUT2D eigenvalue weighted by Gasteiger charge is -2.27. The van der Waals surface area contributed by atoms with Crippen LogP contribution in [0.3, 0.4) is 0 Å². The fourth-order valence-electron chi connectivity index (χ4n) is 6.84. The fraction of sp³-hybridized carbons (Fsp3) is 0.581. The second kappa shape index (κ2) is 17.9. The zero-order valence-corrected chi connectivity index (χ0v) is 32.6. The van der Waals surface area contributed by atoms with Crippen molar-refractivity contribution < 1.29 is 71.0 Å². The molecule has 0 radical (unpaired) electrons. The standard InChI is InChI=1S/C31H43N9O16P2/c1-3-5-6-22(41)39-11-16(50-4-2)9-17(39)30(43)55-26-20(54-29(25(26)42)40-15-36-24-27(33)34-14-35-28(24)40)13-52-58(48,49)56-18-10-23(38-8-7-21(32)37-31(38)44)53-19(18)12-51-57(45,46)47/h3,7-8,14-20,23,25-26,29,42H,1,4-6,9-13H2,2H3,(H,48,49)(H2,32,37,44)(H2,33,34,35)(H2,45,46,47)/t16?,17?,18-,19-,20+,23+,25+,26+,29+/m0/s1. The maximum Gasteiger partial charge on any atom is 0.472 e. The average molecular weight is 860 g/mol. The Balaban J connectivity index is 1.22. The van der Waals surface area contributed by atoms with Gasteiger partial charge < -0.3 is 55.1 Å². The van der Waals surface area contributed by atoms with Gasteiger partial charge in [-0.1, -0.05) is 6.08 Å². The number of nitrogens with zero attached hydrogens (tertiary/aromatic N) is 7. The Morgan fingerprint density at radius 2 is 1.83 bits per heavy atom. The molecule has 3 saturated heterocycles. The molecule has 1 amide bonds. The van der Waals surface area contributed by atoms with Gasteiger partial charge in [0.25, 0.3) is 0 Å². The van der Waals surface area contributed by atoms with Gasteiger partial charge in [-0.05, 0) is 19.4 Å². The summed E-state index contributed by atoms with van der Waals surface area (Å²) in [5, 5.41) is 11.6. The van der Waals surface area contributed by atoms with Gasteiger partial charge >= 0.3 is 27.3 Å². The third-order valence-corrected chi connectivity index (χ3v) is 11.0. The highest BCUT2D eigenvalue weighted by molar-refractivity contribution is 7.47. The van der Waals surface area contributed by atoms with Gasteiger partial charge in [-0.3, -0.25) is 27.5 Å². The van der Waals surface area contributed by atoms with Crippen molar-refractivity contribution in [1.82, 2.24) is 34.0 Å². The van der Waals surface area contributed by atoms with Gasteiger partial charge in [-0.25, -0.2) is 33.7 Å². The van der Waals surface area contributed by atoms with Gasteiger partial charge in [0, 0.05) is 38.6 Å². The van der Waals surface area contributed by atoms with Crippen molar-refractivity contribution in [2.75, 3.05) is 37.8 Å². The molecule has 6 rings (SSSR count). The number of ether oxygens (including phenoxy) is 4. The van der Waals surface area contributed by atoms with E-state index in [-0.39, 0.29) is 54.5 Å². The first kappa shape index (κ1) is 43.4. The summed E-state index contributed by atoms with van der Waals surface area (Å²) in [7, 11) is -10.3. The van der Waals surface area contributed by atoms with Crippen LogP contribution in [0.4, 0.5) is 11.6 Å². The van der Waals surface area contributed by atoms with Crippen LogP contribution in [0.5, 0.6) is 0 Å². The SMILES string of the molecule is C=CCCC(=O)N1CC(OCC)CC1C(=O)O[C@H]1[C@@H](O)[C@H](n2cnc3c(N)ncnc32)O[C@@H]1COP(=O)(O)O[C@H]1C[C@H](n2ccc(N)nc2=O)O[C@H]1COP(=O)(O)O. The smallest absolute Gasteiger partial charge is 0.455 e. The van der Waals surface area contributed by atoms with Gasteiger partial charge in [0.05, 0.1) is 25.6 Å². The normalized spacial score (nSPS) is 28.5. The van der Waals surface area contributed by atoms with Crippen molar-refractivity contribution in [3.63, 3.8) is 0 Å². The number of phosphoric ester groups is 2. The van der Waals surface area contributed by atoms with Crippen LogP contribution in [-0.2, 0) is 51.2 Å². The minimum Gasteiger partial charge on any atom is -0.455 e. The van der Waals surface area contributed by atoms with Crippen LogP contribution in [0.2, 0.25) is 0 Å². The highest BCUT2D eigenvalue weighted by Gasteiger charge is 2.51. The van der Waals surface area contributed by atoms with E-state index in [4.69, 9.17) is 39.5 Å². The van der Waals surface area contributed by atoms with Gasteiger partial charge in [0.15, 0.2) is 23.8 Å². The van der Waals surface area contributed by atoms with Crippen LogP contribution in [-0.4, -0.2) is 135 Å². The van der Waals surface area contributed by atoms with E-state index < -0.39 is 95.6 Å². The first-order valence-corrected chi connectivity index (χ1v) is 20.9.